The van der Waals surface area contributed by atoms with Gasteiger partial charge in [-0.05, 0) is 18.2 Å². The quantitative estimate of drug-likeness (QED) is 0.780. The van der Waals surface area contributed by atoms with Crippen molar-refractivity contribution in [3.05, 3.63) is 54.6 Å². The fourth-order valence-electron chi connectivity index (χ4n) is 1.27. The molecule has 0 radical (unpaired) electrons. The molecular formula is C12H11NS. The zero-order valence-corrected chi connectivity index (χ0v) is 8.50. The smallest absolute Gasteiger partial charge is 0.0693 e. The molecule has 1 aromatic carbocycles. The molecule has 1 aliphatic carbocycles. The van der Waals surface area contributed by atoms with Crippen molar-refractivity contribution in [2.45, 2.75) is 10.1 Å². The Labute approximate surface area is 88.0 Å². The SMILES string of the molecule is N=C1C=CC=CC1Sc1ccccc1. The lowest BCUT2D eigenvalue weighted by atomic mass is 10.1. The highest BCUT2D eigenvalue weighted by atomic mass is 32.2. The predicted molar refractivity (Wildman–Crippen MR) is 62.1 cm³/mol. The number of benzene rings is 1. The molecule has 1 aromatic rings. The number of hydrogen-bond donors (Lipinski definition) is 1. The first-order valence-electron chi connectivity index (χ1n) is 4.51. The molecule has 0 saturated carbocycles. The lowest BCUT2D eigenvalue weighted by Gasteiger charge is -2.13. The molecule has 0 aliphatic heterocycles. The average molecular weight is 201 g/mol. The van der Waals surface area contributed by atoms with Gasteiger partial charge in [0.25, 0.3) is 0 Å². The molecule has 0 bridgehead atoms. The Kier molecular flexibility index (Phi) is 2.84. The van der Waals surface area contributed by atoms with E-state index in [9.17, 15) is 0 Å². The molecule has 2 rings (SSSR count). The highest BCUT2D eigenvalue weighted by Crippen LogP contribution is 2.26. The van der Waals surface area contributed by atoms with Gasteiger partial charge in [0, 0.05) is 10.6 Å². The van der Waals surface area contributed by atoms with E-state index in [1.54, 1.807) is 11.8 Å². The molecule has 0 saturated heterocycles. The van der Waals surface area contributed by atoms with Gasteiger partial charge in [-0.15, -0.1) is 11.8 Å². The molecule has 0 aromatic heterocycles. The van der Waals surface area contributed by atoms with E-state index in [1.165, 1.54) is 4.90 Å². The molecule has 2 heteroatoms. The van der Waals surface area contributed by atoms with Crippen LogP contribution in [0.5, 0.6) is 0 Å². The van der Waals surface area contributed by atoms with Crippen molar-refractivity contribution in [2.75, 3.05) is 0 Å². The third-order valence-electron chi connectivity index (χ3n) is 1.99. The van der Waals surface area contributed by atoms with Crippen LogP contribution >= 0.6 is 11.8 Å². The van der Waals surface area contributed by atoms with E-state index >= 15 is 0 Å². The summed E-state index contributed by atoms with van der Waals surface area (Å²) in [6, 6.07) is 10.2. The van der Waals surface area contributed by atoms with E-state index < -0.39 is 0 Å². The van der Waals surface area contributed by atoms with Crippen LogP contribution in [0.4, 0.5) is 0 Å². The fraction of sp³-hybridized carbons (Fsp3) is 0.0833. The van der Waals surface area contributed by atoms with Crippen LogP contribution in [0.2, 0.25) is 0 Å². The standard InChI is InChI=1S/C12H11NS/c13-11-8-4-5-9-12(11)14-10-6-2-1-3-7-10/h1-9,12-13H. The van der Waals surface area contributed by atoms with Gasteiger partial charge in [-0.3, -0.25) is 0 Å². The highest BCUT2D eigenvalue weighted by Gasteiger charge is 2.11. The summed E-state index contributed by atoms with van der Waals surface area (Å²) in [5.41, 5.74) is 0.668. The molecule has 70 valence electrons. The van der Waals surface area contributed by atoms with Crippen molar-refractivity contribution in [3.8, 4) is 0 Å². The van der Waals surface area contributed by atoms with E-state index in [0.717, 1.165) is 0 Å². The lowest BCUT2D eigenvalue weighted by molar-refractivity contribution is 1.36. The monoisotopic (exact) mass is 201 g/mol. The molecule has 0 spiro atoms. The van der Waals surface area contributed by atoms with Crippen LogP contribution < -0.4 is 0 Å². The van der Waals surface area contributed by atoms with Crippen LogP contribution in [0.25, 0.3) is 0 Å². The first kappa shape index (κ1) is 9.28. The summed E-state index contributed by atoms with van der Waals surface area (Å²) in [5, 5.41) is 7.91. The Morgan fingerprint density at radius 3 is 2.57 bits per heavy atom. The molecule has 0 heterocycles. The van der Waals surface area contributed by atoms with Gasteiger partial charge in [0.2, 0.25) is 0 Å². The first-order valence-corrected chi connectivity index (χ1v) is 5.39. The Hall–Kier alpha value is -1.28. The minimum absolute atomic E-state index is 0.169. The van der Waals surface area contributed by atoms with Crippen molar-refractivity contribution in [2.24, 2.45) is 0 Å². The van der Waals surface area contributed by atoms with Crippen molar-refractivity contribution in [1.29, 1.82) is 5.41 Å². The van der Waals surface area contributed by atoms with Gasteiger partial charge in [-0.2, -0.15) is 0 Å². The summed E-state index contributed by atoms with van der Waals surface area (Å²) in [6.07, 6.45) is 7.81. The fourth-order valence-corrected chi connectivity index (χ4v) is 2.25. The predicted octanol–water partition coefficient (Wildman–Crippen LogP) is 3.29. The largest absolute Gasteiger partial charge is 0.304 e. The Morgan fingerprint density at radius 2 is 1.86 bits per heavy atom. The Balaban J connectivity index is 2.09. The van der Waals surface area contributed by atoms with Crippen molar-refractivity contribution in [1.82, 2.24) is 0 Å². The highest BCUT2D eigenvalue weighted by molar-refractivity contribution is 8.00. The third kappa shape index (κ3) is 2.15. The minimum atomic E-state index is 0.169. The van der Waals surface area contributed by atoms with Gasteiger partial charge >= 0.3 is 0 Å². The van der Waals surface area contributed by atoms with Crippen LogP contribution in [0, 0.1) is 5.41 Å². The normalized spacial score (nSPS) is 20.0. The maximum Gasteiger partial charge on any atom is 0.0693 e. The maximum atomic E-state index is 7.74. The van der Waals surface area contributed by atoms with Crippen LogP contribution in [-0.2, 0) is 0 Å². The molecule has 1 N–H and O–H groups in total. The summed E-state index contributed by atoms with van der Waals surface area (Å²) in [4.78, 5) is 1.21. The molecule has 0 fully saturated rings. The number of nitrogens with one attached hydrogen (secondary N) is 1. The molecule has 1 atom stereocenters. The second kappa shape index (κ2) is 4.29. The van der Waals surface area contributed by atoms with E-state index in [4.69, 9.17) is 5.41 Å². The van der Waals surface area contributed by atoms with Gasteiger partial charge in [-0.1, -0.05) is 36.4 Å². The summed E-state index contributed by atoms with van der Waals surface area (Å²) in [7, 11) is 0. The molecule has 1 unspecified atom stereocenters. The number of rotatable bonds is 2. The Morgan fingerprint density at radius 1 is 1.07 bits per heavy atom. The van der Waals surface area contributed by atoms with E-state index in [0.29, 0.717) is 5.71 Å². The second-order valence-electron chi connectivity index (χ2n) is 3.05. The van der Waals surface area contributed by atoms with Crippen LogP contribution in [0.1, 0.15) is 0 Å². The summed E-state index contributed by atoms with van der Waals surface area (Å²) < 4.78 is 0. The lowest BCUT2D eigenvalue weighted by Crippen LogP contribution is -2.12. The number of hydrogen-bond acceptors (Lipinski definition) is 2. The second-order valence-corrected chi connectivity index (χ2v) is 4.27. The van der Waals surface area contributed by atoms with Gasteiger partial charge in [0.1, 0.15) is 0 Å². The molecule has 14 heavy (non-hydrogen) atoms. The summed E-state index contributed by atoms with van der Waals surface area (Å²) in [5.74, 6) is 0. The zero-order chi connectivity index (χ0) is 9.80. The van der Waals surface area contributed by atoms with Crippen LogP contribution in [-0.4, -0.2) is 11.0 Å². The first-order chi connectivity index (χ1) is 6.86. The van der Waals surface area contributed by atoms with Crippen molar-refractivity contribution < 1.29 is 0 Å². The topological polar surface area (TPSA) is 23.9 Å². The van der Waals surface area contributed by atoms with E-state index in [2.05, 4.69) is 18.2 Å². The number of allylic oxidation sites excluding steroid dienone is 3. The summed E-state index contributed by atoms with van der Waals surface area (Å²) >= 11 is 1.71. The number of thioether (sulfide) groups is 1. The molecule has 1 nitrogen and oxygen atoms in total. The summed E-state index contributed by atoms with van der Waals surface area (Å²) in [6.45, 7) is 0. The molecule has 1 aliphatic rings. The molecule has 0 amide bonds. The molecular weight excluding hydrogens is 190 g/mol. The zero-order valence-electron chi connectivity index (χ0n) is 7.68. The maximum absolute atomic E-state index is 7.74. The van der Waals surface area contributed by atoms with Gasteiger partial charge in [-0.25, -0.2) is 0 Å². The minimum Gasteiger partial charge on any atom is -0.304 e. The average Bonchev–Trinajstić information content (AvgIpc) is 2.23. The van der Waals surface area contributed by atoms with Crippen molar-refractivity contribution >= 4 is 17.5 Å². The van der Waals surface area contributed by atoms with Crippen LogP contribution in [0.3, 0.4) is 0 Å². The van der Waals surface area contributed by atoms with E-state index in [1.807, 2.05) is 36.4 Å². The van der Waals surface area contributed by atoms with Gasteiger partial charge in [0.15, 0.2) is 0 Å². The Bertz CT molecular complexity index is 379. The van der Waals surface area contributed by atoms with Gasteiger partial charge in [0.05, 0.1) is 5.25 Å². The van der Waals surface area contributed by atoms with Gasteiger partial charge < -0.3 is 5.41 Å². The third-order valence-corrected chi connectivity index (χ3v) is 3.19. The van der Waals surface area contributed by atoms with E-state index in [-0.39, 0.29) is 5.25 Å². The van der Waals surface area contributed by atoms with Crippen molar-refractivity contribution in [3.63, 3.8) is 0 Å². The van der Waals surface area contributed by atoms with Crippen LogP contribution in [0.15, 0.2) is 59.5 Å².